The van der Waals surface area contributed by atoms with E-state index in [0.717, 1.165) is 33.5 Å². The largest absolute Gasteiger partial charge is 0.494 e. The Labute approximate surface area is 203 Å². The van der Waals surface area contributed by atoms with E-state index in [1.807, 2.05) is 62.4 Å². The maximum atomic E-state index is 13.1. The van der Waals surface area contributed by atoms with Crippen LogP contribution in [-0.4, -0.2) is 39.3 Å². The number of benzene rings is 2. The average Bonchev–Trinajstić information content (AvgIpc) is 3.24. The van der Waals surface area contributed by atoms with Crippen molar-refractivity contribution >= 4 is 40.1 Å². The van der Waals surface area contributed by atoms with Crippen LogP contribution in [0.4, 0.5) is 0 Å². The number of fused-ring (bicyclic) bond motifs is 1. The number of ether oxygens (including phenoxy) is 1. The molecule has 4 rings (SSSR count). The molecule has 0 unspecified atom stereocenters. The minimum Gasteiger partial charge on any atom is -0.494 e. The lowest BCUT2D eigenvalue weighted by atomic mass is 9.97. The Morgan fingerprint density at radius 1 is 1.18 bits per heavy atom. The number of amides is 1. The molecule has 1 amide bonds. The van der Waals surface area contributed by atoms with Gasteiger partial charge in [-0.15, -0.1) is 0 Å². The lowest BCUT2D eigenvalue weighted by Crippen LogP contribution is -2.27. The number of carbonyl (C=O) groups is 2. The van der Waals surface area contributed by atoms with Gasteiger partial charge in [0, 0.05) is 30.2 Å². The van der Waals surface area contributed by atoms with Crippen molar-refractivity contribution in [2.45, 2.75) is 45.6 Å². The van der Waals surface area contributed by atoms with Crippen LogP contribution in [-0.2, 0) is 9.59 Å². The molecule has 0 saturated carbocycles. The zero-order chi connectivity index (χ0) is 24.2. The summed E-state index contributed by atoms with van der Waals surface area (Å²) in [5.74, 6) is -0.440. The SMILES string of the molecule is CCOc1ccc2nc(Cl)c([C@@H]3CC(c4cccc(C)c4)=NN3C(=O)CCCC(=O)O)cc2c1. The molecule has 0 aliphatic carbocycles. The second-order valence-corrected chi connectivity index (χ2v) is 8.64. The van der Waals surface area contributed by atoms with Gasteiger partial charge in [-0.05, 0) is 50.1 Å². The van der Waals surface area contributed by atoms with Gasteiger partial charge in [-0.2, -0.15) is 5.10 Å². The van der Waals surface area contributed by atoms with Crippen LogP contribution in [0, 0.1) is 6.92 Å². The van der Waals surface area contributed by atoms with Crippen molar-refractivity contribution in [3.05, 3.63) is 70.4 Å². The maximum Gasteiger partial charge on any atom is 0.303 e. The second-order valence-electron chi connectivity index (χ2n) is 8.28. The van der Waals surface area contributed by atoms with E-state index in [9.17, 15) is 9.59 Å². The number of pyridine rings is 1. The van der Waals surface area contributed by atoms with Gasteiger partial charge in [0.2, 0.25) is 5.91 Å². The number of rotatable bonds is 8. The van der Waals surface area contributed by atoms with Crippen LogP contribution < -0.4 is 4.74 Å². The highest BCUT2D eigenvalue weighted by atomic mass is 35.5. The van der Waals surface area contributed by atoms with Crippen LogP contribution in [0.5, 0.6) is 5.75 Å². The summed E-state index contributed by atoms with van der Waals surface area (Å²) in [6.07, 6.45) is 0.734. The molecule has 0 bridgehead atoms. The minimum atomic E-state index is -0.929. The Hall–Kier alpha value is -3.45. The number of hydrazone groups is 1. The van der Waals surface area contributed by atoms with Gasteiger partial charge in [0.25, 0.3) is 0 Å². The molecule has 7 nitrogen and oxygen atoms in total. The van der Waals surface area contributed by atoms with E-state index in [0.29, 0.717) is 23.7 Å². The van der Waals surface area contributed by atoms with E-state index in [2.05, 4.69) is 10.1 Å². The summed E-state index contributed by atoms with van der Waals surface area (Å²) in [5.41, 5.74) is 4.24. The fourth-order valence-corrected chi connectivity index (χ4v) is 4.40. The maximum absolute atomic E-state index is 13.1. The zero-order valence-electron chi connectivity index (χ0n) is 19.1. The third-order valence-corrected chi connectivity index (χ3v) is 6.04. The van der Waals surface area contributed by atoms with Crippen LogP contribution in [0.2, 0.25) is 5.15 Å². The summed E-state index contributed by atoms with van der Waals surface area (Å²) in [6, 6.07) is 15.1. The number of halogens is 1. The average molecular weight is 480 g/mol. The molecule has 2 aromatic carbocycles. The van der Waals surface area contributed by atoms with Gasteiger partial charge in [0.05, 0.1) is 23.9 Å². The number of carbonyl (C=O) groups excluding carboxylic acids is 1. The van der Waals surface area contributed by atoms with Gasteiger partial charge in [-0.1, -0.05) is 41.4 Å². The fourth-order valence-electron chi connectivity index (χ4n) is 4.12. The Bertz CT molecular complexity index is 1270. The van der Waals surface area contributed by atoms with Crippen molar-refractivity contribution in [3.63, 3.8) is 0 Å². The van der Waals surface area contributed by atoms with Gasteiger partial charge in [0.1, 0.15) is 10.9 Å². The quantitative estimate of drug-likeness (QED) is 0.429. The van der Waals surface area contributed by atoms with Crippen molar-refractivity contribution in [2.75, 3.05) is 6.61 Å². The van der Waals surface area contributed by atoms with E-state index in [1.54, 1.807) is 0 Å². The van der Waals surface area contributed by atoms with E-state index >= 15 is 0 Å². The molecule has 0 radical (unpaired) electrons. The van der Waals surface area contributed by atoms with Crippen molar-refractivity contribution in [1.82, 2.24) is 9.99 Å². The number of aliphatic carboxylic acids is 1. The van der Waals surface area contributed by atoms with E-state index < -0.39 is 12.0 Å². The van der Waals surface area contributed by atoms with Crippen LogP contribution in [0.15, 0.2) is 53.6 Å². The number of aromatic nitrogens is 1. The first-order valence-electron chi connectivity index (χ1n) is 11.3. The highest BCUT2D eigenvalue weighted by Gasteiger charge is 2.34. The van der Waals surface area contributed by atoms with Gasteiger partial charge >= 0.3 is 5.97 Å². The summed E-state index contributed by atoms with van der Waals surface area (Å²) in [7, 11) is 0. The first kappa shape index (κ1) is 23.7. The normalized spacial score (nSPS) is 15.4. The number of nitrogens with zero attached hydrogens (tertiary/aromatic N) is 3. The van der Waals surface area contributed by atoms with E-state index in [4.69, 9.17) is 21.4 Å². The molecule has 1 N–H and O–H groups in total. The smallest absolute Gasteiger partial charge is 0.303 e. The van der Waals surface area contributed by atoms with E-state index in [1.165, 1.54) is 5.01 Å². The Morgan fingerprint density at radius 2 is 2.00 bits per heavy atom. The lowest BCUT2D eigenvalue weighted by Gasteiger charge is -2.23. The molecule has 2 heterocycles. The van der Waals surface area contributed by atoms with E-state index in [-0.39, 0.29) is 25.2 Å². The first-order chi connectivity index (χ1) is 16.4. The summed E-state index contributed by atoms with van der Waals surface area (Å²) in [6.45, 7) is 4.48. The molecular formula is C26H26ClN3O4. The van der Waals surface area contributed by atoms with Crippen LogP contribution in [0.25, 0.3) is 10.9 Å². The Balaban J connectivity index is 1.71. The van der Waals surface area contributed by atoms with Crippen LogP contribution in [0.3, 0.4) is 0 Å². The predicted octanol–water partition coefficient (Wildman–Crippen LogP) is 5.53. The summed E-state index contributed by atoms with van der Waals surface area (Å²) in [5, 5.41) is 16.2. The number of carboxylic acid groups (broad SMARTS) is 1. The number of hydrogen-bond acceptors (Lipinski definition) is 5. The molecule has 0 spiro atoms. The molecule has 176 valence electrons. The van der Waals surface area contributed by atoms with Crippen LogP contribution >= 0.6 is 11.6 Å². The summed E-state index contributed by atoms with van der Waals surface area (Å²) in [4.78, 5) is 28.6. The van der Waals surface area contributed by atoms with Crippen LogP contribution in [0.1, 0.15) is 55.3 Å². The number of hydrogen-bond donors (Lipinski definition) is 1. The molecule has 1 aliphatic rings. The van der Waals surface area contributed by atoms with Crippen molar-refractivity contribution < 1.29 is 19.4 Å². The second kappa shape index (κ2) is 10.2. The number of aryl methyl sites for hydroxylation is 1. The molecule has 1 aromatic heterocycles. The lowest BCUT2D eigenvalue weighted by molar-refractivity contribution is -0.137. The molecule has 0 fully saturated rings. The van der Waals surface area contributed by atoms with Gasteiger partial charge in [0.15, 0.2) is 0 Å². The van der Waals surface area contributed by atoms with Crippen molar-refractivity contribution in [1.29, 1.82) is 0 Å². The molecule has 1 aliphatic heterocycles. The molecule has 8 heteroatoms. The third kappa shape index (κ3) is 5.20. The highest BCUT2D eigenvalue weighted by molar-refractivity contribution is 6.30. The Kier molecular flexibility index (Phi) is 7.12. The zero-order valence-corrected chi connectivity index (χ0v) is 19.9. The third-order valence-electron chi connectivity index (χ3n) is 5.74. The predicted molar refractivity (Wildman–Crippen MR) is 131 cm³/mol. The molecule has 0 saturated heterocycles. The van der Waals surface area contributed by atoms with Crippen molar-refractivity contribution in [2.24, 2.45) is 5.10 Å². The summed E-state index contributed by atoms with van der Waals surface area (Å²) >= 11 is 6.61. The van der Waals surface area contributed by atoms with Gasteiger partial charge < -0.3 is 9.84 Å². The topological polar surface area (TPSA) is 92.1 Å². The summed E-state index contributed by atoms with van der Waals surface area (Å²) < 4.78 is 5.62. The van der Waals surface area contributed by atoms with Gasteiger partial charge in [-0.25, -0.2) is 9.99 Å². The molecule has 3 aromatic rings. The monoisotopic (exact) mass is 479 g/mol. The first-order valence-corrected chi connectivity index (χ1v) is 11.6. The Morgan fingerprint density at radius 3 is 2.74 bits per heavy atom. The fraction of sp³-hybridized carbons (Fsp3) is 0.308. The highest BCUT2D eigenvalue weighted by Crippen LogP contribution is 2.38. The van der Waals surface area contributed by atoms with Gasteiger partial charge in [-0.3, -0.25) is 9.59 Å². The van der Waals surface area contributed by atoms with Crippen molar-refractivity contribution in [3.8, 4) is 5.75 Å². The molecule has 1 atom stereocenters. The standard InChI is InChI=1S/C26H26ClN3O4/c1-3-34-19-10-11-21-18(13-19)14-20(26(27)28-21)23-15-22(17-7-4-6-16(2)12-17)29-30(23)24(31)8-5-9-25(32)33/h4,6-7,10-14,23H,3,5,8-9,15H2,1-2H3,(H,32,33)/t23-/m0/s1. The minimum absolute atomic E-state index is 0.0722. The number of carboxylic acids is 1. The molecular weight excluding hydrogens is 454 g/mol. The molecule has 34 heavy (non-hydrogen) atoms.